The van der Waals surface area contributed by atoms with Crippen LogP contribution in [0, 0.1) is 23.0 Å². The summed E-state index contributed by atoms with van der Waals surface area (Å²) in [4.78, 5) is 34.1. The van der Waals surface area contributed by atoms with E-state index in [9.17, 15) is 19.7 Å². The summed E-state index contributed by atoms with van der Waals surface area (Å²) in [5.74, 6) is -0.289. The first-order chi connectivity index (χ1) is 11.4. The molecule has 0 aromatic heterocycles. The van der Waals surface area contributed by atoms with Gasteiger partial charge in [-0.15, -0.1) is 0 Å². The van der Waals surface area contributed by atoms with Gasteiger partial charge in [-0.1, -0.05) is 6.92 Å². The summed E-state index contributed by atoms with van der Waals surface area (Å²) >= 11 is 0. The smallest absolute Gasteiger partial charge is 0.338 e. The molecule has 1 amide bonds. The van der Waals surface area contributed by atoms with Crippen molar-refractivity contribution in [2.75, 3.05) is 6.61 Å². The van der Waals surface area contributed by atoms with Crippen LogP contribution in [0.25, 0.3) is 0 Å². The SMILES string of the molecule is Cc1cc(C(=O)OCC(=O)NC2CCC(C)CC2)ccc1[N+](=O)[O-]. The highest BCUT2D eigenvalue weighted by Crippen LogP contribution is 2.23. The summed E-state index contributed by atoms with van der Waals surface area (Å²) in [6.45, 7) is 3.40. The summed E-state index contributed by atoms with van der Waals surface area (Å²) in [5.41, 5.74) is 0.503. The van der Waals surface area contributed by atoms with Gasteiger partial charge in [0.25, 0.3) is 11.6 Å². The van der Waals surface area contributed by atoms with Gasteiger partial charge in [-0.3, -0.25) is 14.9 Å². The van der Waals surface area contributed by atoms with Crippen LogP contribution in [0.15, 0.2) is 18.2 Å². The Morgan fingerprint density at radius 2 is 1.96 bits per heavy atom. The minimum absolute atomic E-state index is 0.0594. The number of nitrogens with one attached hydrogen (secondary N) is 1. The molecule has 130 valence electrons. The molecule has 1 aromatic carbocycles. The second-order valence-electron chi connectivity index (χ2n) is 6.36. The van der Waals surface area contributed by atoms with Crippen LogP contribution in [-0.2, 0) is 9.53 Å². The van der Waals surface area contributed by atoms with E-state index in [-0.39, 0.29) is 29.8 Å². The van der Waals surface area contributed by atoms with Gasteiger partial charge in [0.2, 0.25) is 0 Å². The molecule has 1 fully saturated rings. The zero-order chi connectivity index (χ0) is 17.7. The Morgan fingerprint density at radius 1 is 1.29 bits per heavy atom. The van der Waals surface area contributed by atoms with Gasteiger partial charge >= 0.3 is 5.97 Å². The Morgan fingerprint density at radius 3 is 2.54 bits per heavy atom. The molecular formula is C17H22N2O5. The van der Waals surface area contributed by atoms with Crippen LogP contribution < -0.4 is 5.32 Å². The van der Waals surface area contributed by atoms with E-state index in [1.54, 1.807) is 6.92 Å². The fraction of sp³-hybridized carbons (Fsp3) is 0.529. The van der Waals surface area contributed by atoms with Gasteiger partial charge in [-0.25, -0.2) is 4.79 Å². The molecule has 1 aliphatic rings. The molecule has 0 unspecified atom stereocenters. The second-order valence-corrected chi connectivity index (χ2v) is 6.36. The minimum atomic E-state index is -0.666. The number of carbonyl (C=O) groups is 2. The minimum Gasteiger partial charge on any atom is -0.452 e. The van der Waals surface area contributed by atoms with Gasteiger partial charge in [0, 0.05) is 17.7 Å². The van der Waals surface area contributed by atoms with Crippen LogP contribution in [0.3, 0.4) is 0 Å². The maximum Gasteiger partial charge on any atom is 0.338 e. The quantitative estimate of drug-likeness (QED) is 0.507. The van der Waals surface area contributed by atoms with E-state index < -0.39 is 10.9 Å². The Kier molecular flexibility index (Phi) is 5.89. The van der Waals surface area contributed by atoms with E-state index in [4.69, 9.17) is 4.74 Å². The van der Waals surface area contributed by atoms with Crippen molar-refractivity contribution < 1.29 is 19.2 Å². The van der Waals surface area contributed by atoms with Crippen LogP contribution in [0.5, 0.6) is 0 Å². The molecular weight excluding hydrogens is 312 g/mol. The predicted molar refractivity (Wildman–Crippen MR) is 87.7 cm³/mol. The molecule has 1 aromatic rings. The van der Waals surface area contributed by atoms with Crippen molar-refractivity contribution in [2.45, 2.75) is 45.6 Å². The van der Waals surface area contributed by atoms with Crippen LogP contribution in [0.1, 0.15) is 48.5 Å². The summed E-state index contributed by atoms with van der Waals surface area (Å²) in [5, 5.41) is 13.6. The van der Waals surface area contributed by atoms with Crippen LogP contribution in [0.2, 0.25) is 0 Å². The molecule has 0 bridgehead atoms. The monoisotopic (exact) mass is 334 g/mol. The summed E-state index contributed by atoms with van der Waals surface area (Å²) in [6, 6.07) is 4.12. The van der Waals surface area contributed by atoms with Crippen molar-refractivity contribution in [3.8, 4) is 0 Å². The number of hydrogen-bond donors (Lipinski definition) is 1. The molecule has 0 saturated heterocycles. The Labute approximate surface area is 140 Å². The number of rotatable bonds is 5. The summed E-state index contributed by atoms with van der Waals surface area (Å²) in [6.07, 6.45) is 4.07. The molecule has 0 heterocycles. The van der Waals surface area contributed by atoms with Crippen molar-refractivity contribution in [3.05, 3.63) is 39.4 Å². The molecule has 0 aliphatic heterocycles. The highest BCUT2D eigenvalue weighted by atomic mass is 16.6. The highest BCUT2D eigenvalue weighted by molar-refractivity contribution is 5.91. The summed E-state index contributed by atoms with van der Waals surface area (Å²) < 4.78 is 4.99. The Bertz CT molecular complexity index is 636. The second kappa shape index (κ2) is 7.90. The third kappa shape index (κ3) is 4.78. The lowest BCUT2D eigenvalue weighted by Crippen LogP contribution is -2.39. The number of nitrogens with zero attached hydrogens (tertiary/aromatic N) is 1. The topological polar surface area (TPSA) is 98.5 Å². The molecule has 2 rings (SSSR count). The maximum absolute atomic E-state index is 11.9. The fourth-order valence-electron chi connectivity index (χ4n) is 2.88. The zero-order valence-electron chi connectivity index (χ0n) is 13.9. The first-order valence-electron chi connectivity index (χ1n) is 8.08. The number of esters is 1. The van der Waals surface area contributed by atoms with Crippen molar-refractivity contribution in [3.63, 3.8) is 0 Å². The molecule has 0 radical (unpaired) electrons. The zero-order valence-corrected chi connectivity index (χ0v) is 13.9. The molecule has 7 nitrogen and oxygen atoms in total. The van der Waals surface area contributed by atoms with E-state index in [0.29, 0.717) is 11.5 Å². The van der Waals surface area contributed by atoms with Gasteiger partial charge < -0.3 is 10.1 Å². The van der Waals surface area contributed by atoms with Crippen molar-refractivity contribution in [2.24, 2.45) is 5.92 Å². The molecule has 7 heteroatoms. The highest BCUT2D eigenvalue weighted by Gasteiger charge is 2.21. The van der Waals surface area contributed by atoms with E-state index in [2.05, 4.69) is 12.2 Å². The number of ether oxygens (including phenoxy) is 1. The van der Waals surface area contributed by atoms with Crippen molar-refractivity contribution >= 4 is 17.6 Å². The van der Waals surface area contributed by atoms with Crippen molar-refractivity contribution in [1.82, 2.24) is 5.32 Å². The Hall–Kier alpha value is -2.44. The molecule has 0 spiro atoms. The predicted octanol–water partition coefficient (Wildman–Crippen LogP) is 2.75. The molecule has 24 heavy (non-hydrogen) atoms. The lowest BCUT2D eigenvalue weighted by Gasteiger charge is -2.26. The van der Waals surface area contributed by atoms with Crippen LogP contribution >= 0.6 is 0 Å². The van der Waals surface area contributed by atoms with E-state index >= 15 is 0 Å². The van der Waals surface area contributed by atoms with E-state index in [0.717, 1.165) is 25.7 Å². The lowest BCUT2D eigenvalue weighted by atomic mass is 9.87. The maximum atomic E-state index is 11.9. The number of carbonyl (C=O) groups excluding carboxylic acids is 2. The van der Waals surface area contributed by atoms with Gasteiger partial charge in [0.05, 0.1) is 10.5 Å². The van der Waals surface area contributed by atoms with E-state index in [1.807, 2.05) is 0 Å². The van der Waals surface area contributed by atoms with Gasteiger partial charge in [0.1, 0.15) is 0 Å². The third-order valence-corrected chi connectivity index (χ3v) is 4.34. The normalized spacial score (nSPS) is 20.2. The lowest BCUT2D eigenvalue weighted by molar-refractivity contribution is -0.385. The standard InChI is InChI=1S/C17H22N2O5/c1-11-3-6-14(7-4-11)18-16(20)10-24-17(21)13-5-8-15(19(22)23)12(2)9-13/h5,8-9,11,14H,3-4,6-7,10H2,1-2H3,(H,18,20). The first kappa shape index (κ1) is 17.9. The number of amides is 1. The van der Waals surface area contributed by atoms with E-state index in [1.165, 1.54) is 18.2 Å². The van der Waals surface area contributed by atoms with Crippen molar-refractivity contribution in [1.29, 1.82) is 0 Å². The third-order valence-electron chi connectivity index (χ3n) is 4.34. The summed E-state index contributed by atoms with van der Waals surface area (Å²) in [7, 11) is 0. The number of nitro groups is 1. The van der Waals surface area contributed by atoms with Gasteiger partial charge in [0.15, 0.2) is 6.61 Å². The van der Waals surface area contributed by atoms with Crippen LogP contribution in [-0.4, -0.2) is 29.4 Å². The number of benzene rings is 1. The number of aryl methyl sites for hydroxylation is 1. The number of hydrogen-bond acceptors (Lipinski definition) is 5. The molecule has 1 saturated carbocycles. The van der Waals surface area contributed by atoms with Gasteiger partial charge in [-0.2, -0.15) is 0 Å². The Balaban J connectivity index is 1.83. The average molecular weight is 334 g/mol. The fourth-order valence-corrected chi connectivity index (χ4v) is 2.88. The number of nitro benzene ring substituents is 1. The largest absolute Gasteiger partial charge is 0.452 e. The molecule has 1 N–H and O–H groups in total. The molecule has 0 atom stereocenters. The first-order valence-corrected chi connectivity index (χ1v) is 8.08. The van der Waals surface area contributed by atoms with Crippen LogP contribution in [0.4, 0.5) is 5.69 Å². The molecule has 1 aliphatic carbocycles. The van der Waals surface area contributed by atoms with Gasteiger partial charge in [-0.05, 0) is 50.7 Å². The average Bonchev–Trinajstić information content (AvgIpc) is 2.54.